The van der Waals surface area contributed by atoms with Gasteiger partial charge in [0.1, 0.15) is 5.75 Å². The van der Waals surface area contributed by atoms with Gasteiger partial charge in [-0.3, -0.25) is 0 Å². The van der Waals surface area contributed by atoms with E-state index in [0.29, 0.717) is 5.92 Å². The molecule has 2 unspecified atom stereocenters. The maximum absolute atomic E-state index is 5.90. The molecule has 14 heavy (non-hydrogen) atoms. The van der Waals surface area contributed by atoms with Crippen molar-refractivity contribution in [3.63, 3.8) is 0 Å². The van der Waals surface area contributed by atoms with E-state index in [0.717, 1.165) is 25.2 Å². The molecular formula is C12H14O2. The molecule has 1 aromatic carbocycles. The van der Waals surface area contributed by atoms with Crippen LogP contribution in [0, 0.1) is 5.92 Å². The van der Waals surface area contributed by atoms with Gasteiger partial charge in [-0.15, -0.1) is 0 Å². The Bertz CT molecular complexity index is 334. The van der Waals surface area contributed by atoms with E-state index in [2.05, 4.69) is 19.1 Å². The second kappa shape index (κ2) is 2.74. The highest BCUT2D eigenvalue weighted by molar-refractivity contribution is 5.38. The molecule has 74 valence electrons. The molecule has 1 saturated heterocycles. The zero-order valence-corrected chi connectivity index (χ0v) is 8.32. The predicted molar refractivity (Wildman–Crippen MR) is 53.2 cm³/mol. The van der Waals surface area contributed by atoms with E-state index < -0.39 is 0 Å². The molecule has 1 aromatic rings. The number of hydrogen-bond donors (Lipinski definition) is 0. The number of hydrogen-bond acceptors (Lipinski definition) is 2. The summed E-state index contributed by atoms with van der Waals surface area (Å²) >= 11 is 0. The molecule has 2 aliphatic rings. The van der Waals surface area contributed by atoms with Crippen LogP contribution in [0.1, 0.15) is 18.9 Å². The van der Waals surface area contributed by atoms with Crippen molar-refractivity contribution in [2.24, 2.45) is 5.92 Å². The fourth-order valence-corrected chi connectivity index (χ4v) is 2.41. The normalized spacial score (nSPS) is 34.5. The Balaban J connectivity index is 1.91. The van der Waals surface area contributed by atoms with Crippen LogP contribution in [-0.2, 0) is 11.2 Å². The van der Waals surface area contributed by atoms with Crippen LogP contribution < -0.4 is 4.74 Å². The largest absolute Gasteiger partial charge is 0.462 e. The summed E-state index contributed by atoms with van der Waals surface area (Å²) in [6.45, 7) is 3.04. The first-order valence-corrected chi connectivity index (χ1v) is 5.18. The molecule has 0 aliphatic carbocycles. The van der Waals surface area contributed by atoms with E-state index >= 15 is 0 Å². The van der Waals surface area contributed by atoms with Gasteiger partial charge in [0.2, 0.25) is 5.79 Å². The molecule has 0 bridgehead atoms. The highest BCUT2D eigenvalue weighted by atomic mass is 16.7. The molecule has 0 saturated carbocycles. The monoisotopic (exact) mass is 190 g/mol. The quantitative estimate of drug-likeness (QED) is 0.625. The maximum atomic E-state index is 5.90. The minimum Gasteiger partial charge on any atom is -0.462 e. The molecule has 0 radical (unpaired) electrons. The number of benzene rings is 1. The zero-order valence-electron chi connectivity index (χ0n) is 8.32. The highest BCUT2D eigenvalue weighted by Crippen LogP contribution is 2.42. The summed E-state index contributed by atoms with van der Waals surface area (Å²) in [6, 6.07) is 8.21. The second-order valence-corrected chi connectivity index (χ2v) is 4.42. The fourth-order valence-electron chi connectivity index (χ4n) is 2.41. The summed E-state index contributed by atoms with van der Waals surface area (Å²) in [6.07, 6.45) is 1.93. The van der Waals surface area contributed by atoms with E-state index in [-0.39, 0.29) is 5.79 Å². The standard InChI is InChI=1S/C12H14O2/c1-9-6-12(13-8-9)7-10-4-2-3-5-11(10)14-12/h2-5,9H,6-8H2,1H3. The Morgan fingerprint density at radius 3 is 2.93 bits per heavy atom. The number of ether oxygens (including phenoxy) is 2. The topological polar surface area (TPSA) is 18.5 Å². The first kappa shape index (κ1) is 8.30. The third-order valence-electron chi connectivity index (χ3n) is 3.02. The van der Waals surface area contributed by atoms with Gasteiger partial charge >= 0.3 is 0 Å². The van der Waals surface area contributed by atoms with Gasteiger partial charge in [0, 0.05) is 18.4 Å². The van der Waals surface area contributed by atoms with Crippen molar-refractivity contribution >= 4 is 0 Å². The van der Waals surface area contributed by atoms with Crippen molar-refractivity contribution in [2.75, 3.05) is 6.61 Å². The molecule has 2 atom stereocenters. The molecule has 3 rings (SSSR count). The van der Waals surface area contributed by atoms with Crippen LogP contribution in [-0.4, -0.2) is 12.4 Å². The molecule has 2 heteroatoms. The van der Waals surface area contributed by atoms with Gasteiger partial charge in [0.15, 0.2) is 0 Å². The van der Waals surface area contributed by atoms with Crippen molar-refractivity contribution in [1.82, 2.24) is 0 Å². The smallest absolute Gasteiger partial charge is 0.215 e. The molecule has 0 aromatic heterocycles. The third-order valence-corrected chi connectivity index (χ3v) is 3.02. The van der Waals surface area contributed by atoms with Gasteiger partial charge in [0.25, 0.3) is 0 Å². The van der Waals surface area contributed by atoms with Crippen molar-refractivity contribution in [2.45, 2.75) is 25.6 Å². The lowest BCUT2D eigenvalue weighted by molar-refractivity contribution is -0.134. The lowest BCUT2D eigenvalue weighted by Crippen LogP contribution is -2.33. The van der Waals surface area contributed by atoms with E-state index in [1.807, 2.05) is 12.1 Å². The number of rotatable bonds is 0. The lowest BCUT2D eigenvalue weighted by Gasteiger charge is -2.21. The summed E-state index contributed by atoms with van der Waals surface area (Å²) < 4.78 is 11.7. The van der Waals surface area contributed by atoms with Gasteiger partial charge < -0.3 is 9.47 Å². The van der Waals surface area contributed by atoms with Crippen LogP contribution in [0.25, 0.3) is 0 Å². The average Bonchev–Trinajstić information content (AvgIpc) is 2.69. The first-order valence-electron chi connectivity index (χ1n) is 5.18. The maximum Gasteiger partial charge on any atom is 0.215 e. The van der Waals surface area contributed by atoms with Crippen LogP contribution in [0.15, 0.2) is 24.3 Å². The van der Waals surface area contributed by atoms with Crippen LogP contribution >= 0.6 is 0 Å². The van der Waals surface area contributed by atoms with Crippen LogP contribution in [0.2, 0.25) is 0 Å². The molecule has 2 nitrogen and oxygen atoms in total. The van der Waals surface area contributed by atoms with E-state index in [9.17, 15) is 0 Å². The van der Waals surface area contributed by atoms with E-state index in [1.165, 1.54) is 5.56 Å². The highest BCUT2D eigenvalue weighted by Gasteiger charge is 2.45. The van der Waals surface area contributed by atoms with Crippen molar-refractivity contribution in [1.29, 1.82) is 0 Å². The third kappa shape index (κ3) is 1.14. The van der Waals surface area contributed by atoms with Crippen LogP contribution in [0.5, 0.6) is 5.75 Å². The van der Waals surface area contributed by atoms with Crippen LogP contribution in [0.4, 0.5) is 0 Å². The van der Waals surface area contributed by atoms with E-state index in [4.69, 9.17) is 9.47 Å². The summed E-state index contributed by atoms with van der Waals surface area (Å²) in [4.78, 5) is 0. The molecule has 1 fully saturated rings. The fraction of sp³-hybridized carbons (Fsp3) is 0.500. The zero-order chi connectivity index (χ0) is 9.60. The first-order chi connectivity index (χ1) is 6.77. The van der Waals surface area contributed by atoms with Gasteiger partial charge in [-0.2, -0.15) is 0 Å². The summed E-state index contributed by atoms with van der Waals surface area (Å²) in [5.41, 5.74) is 1.28. The number of para-hydroxylation sites is 1. The Kier molecular flexibility index (Phi) is 1.62. The second-order valence-electron chi connectivity index (χ2n) is 4.42. The molecule has 1 spiro atoms. The van der Waals surface area contributed by atoms with Crippen molar-refractivity contribution in [3.05, 3.63) is 29.8 Å². The predicted octanol–water partition coefficient (Wildman–Crippen LogP) is 2.37. The molecular weight excluding hydrogens is 176 g/mol. The lowest BCUT2D eigenvalue weighted by atomic mass is 10.0. The molecule has 2 aliphatic heterocycles. The number of fused-ring (bicyclic) bond motifs is 1. The Morgan fingerprint density at radius 2 is 2.21 bits per heavy atom. The summed E-state index contributed by atoms with van der Waals surface area (Å²) in [7, 11) is 0. The van der Waals surface area contributed by atoms with E-state index in [1.54, 1.807) is 0 Å². The van der Waals surface area contributed by atoms with Crippen molar-refractivity contribution < 1.29 is 9.47 Å². The summed E-state index contributed by atoms with van der Waals surface area (Å²) in [5.74, 6) is 1.29. The Morgan fingerprint density at radius 1 is 1.36 bits per heavy atom. The van der Waals surface area contributed by atoms with Gasteiger partial charge in [0.05, 0.1) is 6.61 Å². The van der Waals surface area contributed by atoms with Gasteiger partial charge in [-0.25, -0.2) is 0 Å². The van der Waals surface area contributed by atoms with Crippen molar-refractivity contribution in [3.8, 4) is 5.75 Å². The summed E-state index contributed by atoms with van der Waals surface area (Å²) in [5, 5.41) is 0. The minimum absolute atomic E-state index is 0.330. The molecule has 0 amide bonds. The average molecular weight is 190 g/mol. The van der Waals surface area contributed by atoms with Crippen LogP contribution in [0.3, 0.4) is 0 Å². The molecule has 2 heterocycles. The Labute approximate surface area is 83.8 Å². The van der Waals surface area contributed by atoms with Gasteiger partial charge in [-0.1, -0.05) is 25.1 Å². The SMILES string of the molecule is CC1COC2(Cc3ccccc3O2)C1. The minimum atomic E-state index is -0.330. The van der Waals surface area contributed by atoms with Gasteiger partial charge in [-0.05, 0) is 12.0 Å². The molecule has 0 N–H and O–H groups in total. The Hall–Kier alpha value is -1.02.